The summed E-state index contributed by atoms with van der Waals surface area (Å²) < 4.78 is 5.14. The standard InChI is InChI=1S/C15H20ClNO2/c1-19-10-11-6-2-5-9-13(11)14(16)15(18)17-12-7-3-4-8-12/h2,5-6,9,12,14H,3-4,7-8,10H2,1H3,(H,17,18). The molecule has 1 N–H and O–H groups in total. The molecule has 1 saturated carbocycles. The Morgan fingerprint density at radius 1 is 1.42 bits per heavy atom. The zero-order chi connectivity index (χ0) is 13.7. The van der Waals surface area contributed by atoms with Gasteiger partial charge in [-0.1, -0.05) is 37.1 Å². The highest BCUT2D eigenvalue weighted by atomic mass is 35.5. The molecule has 3 nitrogen and oxygen atoms in total. The van der Waals surface area contributed by atoms with Gasteiger partial charge in [0.05, 0.1) is 6.61 Å². The van der Waals surface area contributed by atoms with E-state index in [-0.39, 0.29) is 5.91 Å². The number of rotatable bonds is 5. The lowest BCUT2D eigenvalue weighted by molar-refractivity contribution is -0.121. The van der Waals surface area contributed by atoms with Gasteiger partial charge < -0.3 is 10.1 Å². The van der Waals surface area contributed by atoms with E-state index in [1.807, 2.05) is 24.3 Å². The molecule has 1 amide bonds. The topological polar surface area (TPSA) is 38.3 Å². The lowest BCUT2D eigenvalue weighted by Gasteiger charge is -2.17. The molecule has 1 unspecified atom stereocenters. The van der Waals surface area contributed by atoms with Crippen molar-refractivity contribution in [3.8, 4) is 0 Å². The van der Waals surface area contributed by atoms with E-state index in [1.165, 1.54) is 12.8 Å². The Labute approximate surface area is 119 Å². The summed E-state index contributed by atoms with van der Waals surface area (Å²) in [6.45, 7) is 0.468. The second-order valence-corrected chi connectivity index (χ2v) is 5.42. The lowest BCUT2D eigenvalue weighted by Crippen LogP contribution is -2.35. The molecule has 1 aromatic carbocycles. The highest BCUT2D eigenvalue weighted by Gasteiger charge is 2.24. The number of hydrogen-bond donors (Lipinski definition) is 1. The van der Waals surface area contributed by atoms with Crippen molar-refractivity contribution in [2.45, 2.75) is 43.7 Å². The summed E-state index contributed by atoms with van der Waals surface area (Å²) in [4.78, 5) is 12.2. The van der Waals surface area contributed by atoms with Crippen LogP contribution in [0.3, 0.4) is 0 Å². The largest absolute Gasteiger partial charge is 0.380 e. The van der Waals surface area contributed by atoms with E-state index in [9.17, 15) is 4.79 Å². The summed E-state index contributed by atoms with van der Waals surface area (Å²) in [5, 5.41) is 2.39. The summed E-state index contributed by atoms with van der Waals surface area (Å²) in [5.74, 6) is -0.0999. The summed E-state index contributed by atoms with van der Waals surface area (Å²) in [6.07, 6.45) is 4.51. The maximum Gasteiger partial charge on any atom is 0.242 e. The van der Waals surface area contributed by atoms with Gasteiger partial charge in [0.15, 0.2) is 0 Å². The van der Waals surface area contributed by atoms with Crippen molar-refractivity contribution in [3.63, 3.8) is 0 Å². The van der Waals surface area contributed by atoms with Crippen LogP contribution in [0.1, 0.15) is 42.2 Å². The van der Waals surface area contributed by atoms with E-state index in [4.69, 9.17) is 16.3 Å². The molecule has 0 bridgehead atoms. The average molecular weight is 282 g/mol. The molecule has 104 valence electrons. The number of halogens is 1. The molecule has 1 fully saturated rings. The predicted molar refractivity (Wildman–Crippen MR) is 76.1 cm³/mol. The van der Waals surface area contributed by atoms with Crippen LogP contribution in [0.25, 0.3) is 0 Å². The first-order valence-electron chi connectivity index (χ1n) is 6.73. The molecule has 0 aromatic heterocycles. The SMILES string of the molecule is COCc1ccccc1C(Cl)C(=O)NC1CCCC1. The first-order chi connectivity index (χ1) is 9.22. The van der Waals surface area contributed by atoms with E-state index < -0.39 is 5.38 Å². The Morgan fingerprint density at radius 3 is 2.79 bits per heavy atom. The first kappa shape index (κ1) is 14.4. The number of carbonyl (C=O) groups is 1. The molecule has 4 heteroatoms. The Balaban J connectivity index is 2.05. The van der Waals surface area contributed by atoms with E-state index in [0.29, 0.717) is 12.6 Å². The number of hydrogen-bond acceptors (Lipinski definition) is 2. The normalized spacial score (nSPS) is 17.4. The number of nitrogens with one attached hydrogen (secondary N) is 1. The van der Waals surface area contributed by atoms with Gasteiger partial charge in [0.2, 0.25) is 5.91 Å². The van der Waals surface area contributed by atoms with Gasteiger partial charge in [0.25, 0.3) is 0 Å². The van der Waals surface area contributed by atoms with Crippen LogP contribution in [0.4, 0.5) is 0 Å². The third-order valence-corrected chi connectivity index (χ3v) is 3.99. The number of amides is 1. The molecule has 1 atom stereocenters. The van der Waals surface area contributed by atoms with Crippen molar-refractivity contribution in [2.24, 2.45) is 0 Å². The molecule has 0 aliphatic heterocycles. The Kier molecular flexibility index (Phi) is 5.23. The quantitative estimate of drug-likeness (QED) is 0.842. The molecular weight excluding hydrogens is 262 g/mol. The number of carbonyl (C=O) groups excluding carboxylic acids is 1. The Bertz CT molecular complexity index is 430. The summed E-state index contributed by atoms with van der Waals surface area (Å²) in [7, 11) is 1.64. The van der Waals surface area contributed by atoms with Gasteiger partial charge in [-0.05, 0) is 24.0 Å². The first-order valence-corrected chi connectivity index (χ1v) is 7.17. The molecule has 0 spiro atoms. The van der Waals surface area contributed by atoms with Gasteiger partial charge >= 0.3 is 0 Å². The minimum absolute atomic E-state index is 0.0999. The van der Waals surface area contributed by atoms with Gasteiger partial charge in [0, 0.05) is 13.2 Å². The fourth-order valence-corrected chi connectivity index (χ4v) is 2.83. The van der Waals surface area contributed by atoms with Crippen LogP contribution in [0.2, 0.25) is 0 Å². The lowest BCUT2D eigenvalue weighted by atomic mass is 10.0. The van der Waals surface area contributed by atoms with Gasteiger partial charge in [-0.3, -0.25) is 4.79 Å². The molecule has 1 aromatic rings. The second-order valence-electron chi connectivity index (χ2n) is 4.98. The van der Waals surface area contributed by atoms with Gasteiger partial charge in [-0.2, -0.15) is 0 Å². The van der Waals surface area contributed by atoms with Crippen molar-refractivity contribution in [2.75, 3.05) is 7.11 Å². The fraction of sp³-hybridized carbons (Fsp3) is 0.533. The van der Waals surface area contributed by atoms with Crippen LogP contribution in [-0.2, 0) is 16.1 Å². The molecule has 0 heterocycles. The molecule has 1 aliphatic rings. The van der Waals surface area contributed by atoms with E-state index >= 15 is 0 Å². The summed E-state index contributed by atoms with van der Waals surface area (Å²) in [6, 6.07) is 7.95. The number of methoxy groups -OCH3 is 1. The van der Waals surface area contributed by atoms with Crippen molar-refractivity contribution in [1.29, 1.82) is 0 Å². The number of ether oxygens (including phenoxy) is 1. The van der Waals surface area contributed by atoms with E-state index in [0.717, 1.165) is 24.0 Å². The molecule has 2 rings (SSSR count). The molecule has 1 aliphatic carbocycles. The third kappa shape index (κ3) is 3.71. The highest BCUT2D eigenvalue weighted by molar-refractivity contribution is 6.30. The second kappa shape index (κ2) is 6.92. The van der Waals surface area contributed by atoms with Crippen LogP contribution in [0.5, 0.6) is 0 Å². The van der Waals surface area contributed by atoms with Crippen molar-refractivity contribution in [1.82, 2.24) is 5.32 Å². The number of benzene rings is 1. The minimum Gasteiger partial charge on any atom is -0.380 e. The molecule has 0 saturated heterocycles. The maximum absolute atomic E-state index is 12.2. The smallest absolute Gasteiger partial charge is 0.242 e. The monoisotopic (exact) mass is 281 g/mol. The number of alkyl halides is 1. The fourth-order valence-electron chi connectivity index (χ4n) is 2.55. The summed E-state index contributed by atoms with van der Waals surface area (Å²) >= 11 is 6.31. The van der Waals surface area contributed by atoms with Crippen molar-refractivity contribution in [3.05, 3.63) is 35.4 Å². The van der Waals surface area contributed by atoms with Crippen LogP contribution in [0, 0.1) is 0 Å². The molecule has 19 heavy (non-hydrogen) atoms. The highest BCUT2D eigenvalue weighted by Crippen LogP contribution is 2.26. The Hall–Kier alpha value is -1.06. The van der Waals surface area contributed by atoms with Crippen LogP contribution in [0.15, 0.2) is 24.3 Å². The maximum atomic E-state index is 12.2. The Morgan fingerprint density at radius 2 is 2.11 bits per heavy atom. The molecule has 0 radical (unpaired) electrons. The van der Waals surface area contributed by atoms with Gasteiger partial charge in [-0.15, -0.1) is 11.6 Å². The predicted octanol–water partition coefficient (Wildman–Crippen LogP) is 3.17. The third-order valence-electron chi connectivity index (χ3n) is 3.56. The van der Waals surface area contributed by atoms with Crippen LogP contribution in [-0.4, -0.2) is 19.1 Å². The molecular formula is C15H20ClNO2. The van der Waals surface area contributed by atoms with Gasteiger partial charge in [0.1, 0.15) is 5.38 Å². The van der Waals surface area contributed by atoms with Crippen molar-refractivity contribution < 1.29 is 9.53 Å². The van der Waals surface area contributed by atoms with Crippen molar-refractivity contribution >= 4 is 17.5 Å². The average Bonchev–Trinajstić information content (AvgIpc) is 2.92. The zero-order valence-electron chi connectivity index (χ0n) is 11.2. The van der Waals surface area contributed by atoms with Gasteiger partial charge in [-0.25, -0.2) is 0 Å². The van der Waals surface area contributed by atoms with E-state index in [1.54, 1.807) is 7.11 Å². The zero-order valence-corrected chi connectivity index (χ0v) is 12.0. The summed E-state index contributed by atoms with van der Waals surface area (Å²) in [5.41, 5.74) is 1.80. The van der Waals surface area contributed by atoms with Crippen LogP contribution < -0.4 is 5.32 Å². The van der Waals surface area contributed by atoms with E-state index in [2.05, 4.69) is 5.32 Å². The van der Waals surface area contributed by atoms with Crippen LogP contribution >= 0.6 is 11.6 Å². The minimum atomic E-state index is -0.646.